The van der Waals surface area contributed by atoms with Gasteiger partial charge in [-0.1, -0.05) is 30.3 Å². The summed E-state index contributed by atoms with van der Waals surface area (Å²) in [6, 6.07) is 10.1. The molecule has 0 aliphatic carbocycles. The van der Waals surface area contributed by atoms with Gasteiger partial charge in [0.1, 0.15) is 0 Å². The van der Waals surface area contributed by atoms with Crippen LogP contribution in [-0.2, 0) is 11.3 Å². The molecule has 0 aliphatic heterocycles. The molecule has 0 heterocycles. The number of hydrogen-bond donors (Lipinski definition) is 1. The molecule has 1 aromatic carbocycles. The smallest absolute Gasteiger partial charge is 0.0716 e. The van der Waals surface area contributed by atoms with Crippen molar-refractivity contribution >= 4 is 0 Å². The van der Waals surface area contributed by atoms with Crippen molar-refractivity contribution in [2.75, 3.05) is 6.61 Å². The Morgan fingerprint density at radius 1 is 1.24 bits per heavy atom. The average molecular weight is 232 g/mol. The van der Waals surface area contributed by atoms with E-state index in [0.29, 0.717) is 19.6 Å². The molecule has 0 bridgehead atoms. The molecule has 0 aliphatic rings. The van der Waals surface area contributed by atoms with Crippen molar-refractivity contribution in [2.45, 2.75) is 38.9 Å². The summed E-state index contributed by atoms with van der Waals surface area (Å²) in [4.78, 5) is 0. The van der Waals surface area contributed by atoms with Crippen LogP contribution in [0.2, 0.25) is 0 Å². The first-order valence-corrected chi connectivity index (χ1v) is 6.02. The second-order valence-corrected chi connectivity index (χ2v) is 3.95. The van der Waals surface area contributed by atoms with Gasteiger partial charge in [-0.15, -0.1) is 11.8 Å². The minimum Gasteiger partial charge on any atom is -0.393 e. The summed E-state index contributed by atoms with van der Waals surface area (Å²) in [6.07, 6.45) is 1.87. The average Bonchev–Trinajstić information content (AvgIpc) is 2.36. The maximum absolute atomic E-state index is 9.63. The number of rotatable bonds is 7. The summed E-state index contributed by atoms with van der Waals surface area (Å²) in [5.74, 6) is 5.76. The van der Waals surface area contributed by atoms with Crippen LogP contribution in [0.15, 0.2) is 30.3 Å². The van der Waals surface area contributed by atoms with Gasteiger partial charge < -0.3 is 9.84 Å². The Balaban J connectivity index is 2.05. The van der Waals surface area contributed by atoms with E-state index in [4.69, 9.17) is 4.74 Å². The largest absolute Gasteiger partial charge is 0.393 e. The van der Waals surface area contributed by atoms with Crippen molar-refractivity contribution in [3.8, 4) is 11.8 Å². The van der Waals surface area contributed by atoms with E-state index in [2.05, 4.69) is 11.8 Å². The van der Waals surface area contributed by atoms with Gasteiger partial charge in [0.05, 0.1) is 12.7 Å². The third-order valence-corrected chi connectivity index (χ3v) is 2.49. The number of aliphatic hydroxyl groups excluding tert-OH is 1. The lowest BCUT2D eigenvalue weighted by Gasteiger charge is -2.09. The highest BCUT2D eigenvalue weighted by molar-refractivity contribution is 5.13. The normalized spacial score (nSPS) is 11.6. The maximum Gasteiger partial charge on any atom is 0.0716 e. The molecular formula is C15H20O2. The summed E-state index contributed by atoms with van der Waals surface area (Å²) in [6.45, 7) is 3.02. The lowest BCUT2D eigenvalue weighted by atomic mass is 10.1. The van der Waals surface area contributed by atoms with Gasteiger partial charge in [-0.3, -0.25) is 0 Å². The standard InChI is InChI=1S/C15H20O2/c1-2-3-5-10-15(16)11-12-17-13-14-8-6-4-7-9-14/h4,6-9,15-16H,5,10-13H2,1H3. The molecule has 17 heavy (non-hydrogen) atoms. The molecule has 2 nitrogen and oxygen atoms in total. The zero-order valence-corrected chi connectivity index (χ0v) is 10.4. The van der Waals surface area contributed by atoms with Gasteiger partial charge in [-0.05, 0) is 25.3 Å². The maximum atomic E-state index is 9.63. The molecule has 92 valence electrons. The minimum absolute atomic E-state index is 0.299. The van der Waals surface area contributed by atoms with Gasteiger partial charge in [0.25, 0.3) is 0 Å². The number of aliphatic hydroxyl groups is 1. The van der Waals surface area contributed by atoms with E-state index in [1.807, 2.05) is 37.3 Å². The summed E-state index contributed by atoms with van der Waals surface area (Å²) >= 11 is 0. The van der Waals surface area contributed by atoms with Crippen molar-refractivity contribution in [3.63, 3.8) is 0 Å². The Morgan fingerprint density at radius 3 is 2.71 bits per heavy atom. The fourth-order valence-corrected chi connectivity index (χ4v) is 1.49. The van der Waals surface area contributed by atoms with Gasteiger partial charge in [-0.25, -0.2) is 0 Å². The molecule has 0 radical (unpaired) electrons. The first kappa shape index (κ1) is 13.8. The van der Waals surface area contributed by atoms with E-state index in [1.54, 1.807) is 0 Å². The van der Waals surface area contributed by atoms with Crippen molar-refractivity contribution in [2.24, 2.45) is 0 Å². The van der Waals surface area contributed by atoms with Crippen LogP contribution < -0.4 is 0 Å². The molecule has 1 unspecified atom stereocenters. The molecular weight excluding hydrogens is 212 g/mol. The lowest BCUT2D eigenvalue weighted by Crippen LogP contribution is -2.10. The SMILES string of the molecule is CC#CCCC(O)CCOCc1ccccc1. The van der Waals surface area contributed by atoms with Crippen LogP contribution in [0.3, 0.4) is 0 Å². The molecule has 0 aromatic heterocycles. The van der Waals surface area contributed by atoms with E-state index in [-0.39, 0.29) is 6.10 Å². The molecule has 0 spiro atoms. The third-order valence-electron chi connectivity index (χ3n) is 2.49. The Hall–Kier alpha value is -1.30. The summed E-state index contributed by atoms with van der Waals surface area (Å²) < 4.78 is 5.50. The molecule has 1 N–H and O–H groups in total. The molecule has 0 saturated carbocycles. The van der Waals surface area contributed by atoms with Crippen LogP contribution in [-0.4, -0.2) is 17.8 Å². The van der Waals surface area contributed by atoms with Crippen molar-refractivity contribution < 1.29 is 9.84 Å². The molecule has 2 heteroatoms. The fraction of sp³-hybridized carbons (Fsp3) is 0.467. The summed E-state index contributed by atoms with van der Waals surface area (Å²) in [7, 11) is 0. The van der Waals surface area contributed by atoms with E-state index in [9.17, 15) is 5.11 Å². The predicted molar refractivity (Wildman–Crippen MR) is 69.4 cm³/mol. The van der Waals surface area contributed by atoms with Crippen LogP contribution in [0.1, 0.15) is 31.7 Å². The molecule has 1 atom stereocenters. The van der Waals surface area contributed by atoms with Gasteiger partial charge in [0.15, 0.2) is 0 Å². The van der Waals surface area contributed by atoms with Crippen LogP contribution in [0, 0.1) is 11.8 Å². The van der Waals surface area contributed by atoms with Crippen molar-refractivity contribution in [1.29, 1.82) is 0 Å². The Bertz CT molecular complexity index is 348. The highest BCUT2D eigenvalue weighted by Crippen LogP contribution is 2.04. The zero-order valence-electron chi connectivity index (χ0n) is 10.4. The lowest BCUT2D eigenvalue weighted by molar-refractivity contribution is 0.0707. The number of hydrogen-bond acceptors (Lipinski definition) is 2. The Morgan fingerprint density at radius 2 is 2.00 bits per heavy atom. The minimum atomic E-state index is -0.299. The summed E-state index contributed by atoms with van der Waals surface area (Å²) in [5.41, 5.74) is 1.17. The van der Waals surface area contributed by atoms with E-state index in [0.717, 1.165) is 12.8 Å². The third kappa shape index (κ3) is 6.78. The molecule has 1 rings (SSSR count). The van der Waals surface area contributed by atoms with Crippen LogP contribution >= 0.6 is 0 Å². The Labute approximate surface area is 104 Å². The van der Waals surface area contributed by atoms with Gasteiger partial charge in [0.2, 0.25) is 0 Å². The molecule has 0 saturated heterocycles. The first-order chi connectivity index (χ1) is 8.33. The quantitative estimate of drug-likeness (QED) is 0.578. The highest BCUT2D eigenvalue weighted by atomic mass is 16.5. The number of benzene rings is 1. The van der Waals surface area contributed by atoms with Crippen LogP contribution in [0.5, 0.6) is 0 Å². The number of ether oxygens (including phenoxy) is 1. The van der Waals surface area contributed by atoms with Gasteiger partial charge >= 0.3 is 0 Å². The van der Waals surface area contributed by atoms with E-state index in [1.165, 1.54) is 5.56 Å². The van der Waals surface area contributed by atoms with E-state index >= 15 is 0 Å². The Kier molecular flexibility index (Phi) is 7.13. The predicted octanol–water partition coefficient (Wildman–Crippen LogP) is 2.76. The molecule has 0 amide bonds. The van der Waals surface area contributed by atoms with E-state index < -0.39 is 0 Å². The van der Waals surface area contributed by atoms with Gasteiger partial charge in [0, 0.05) is 13.0 Å². The fourth-order valence-electron chi connectivity index (χ4n) is 1.49. The molecule has 0 fully saturated rings. The van der Waals surface area contributed by atoms with Gasteiger partial charge in [-0.2, -0.15) is 0 Å². The molecule has 1 aromatic rings. The van der Waals surface area contributed by atoms with Crippen LogP contribution in [0.25, 0.3) is 0 Å². The summed E-state index contributed by atoms with van der Waals surface area (Å²) in [5, 5.41) is 9.63. The first-order valence-electron chi connectivity index (χ1n) is 6.02. The van der Waals surface area contributed by atoms with Crippen molar-refractivity contribution in [3.05, 3.63) is 35.9 Å². The van der Waals surface area contributed by atoms with Crippen LogP contribution in [0.4, 0.5) is 0 Å². The van der Waals surface area contributed by atoms with Crippen molar-refractivity contribution in [1.82, 2.24) is 0 Å². The zero-order chi connectivity index (χ0) is 12.3. The second-order valence-electron chi connectivity index (χ2n) is 3.95. The second kappa shape index (κ2) is 8.81. The monoisotopic (exact) mass is 232 g/mol. The topological polar surface area (TPSA) is 29.5 Å². The highest BCUT2D eigenvalue weighted by Gasteiger charge is 2.02.